The number of aromatic nitrogens is 2. The molecule has 28 heavy (non-hydrogen) atoms. The third-order valence-corrected chi connectivity index (χ3v) is 4.76. The van der Waals surface area contributed by atoms with Crippen LogP contribution in [-0.4, -0.2) is 52.8 Å². The minimum absolute atomic E-state index is 0.00889. The minimum Gasteiger partial charge on any atom is -0.489 e. The number of carbonyl (C=O) groups excluding carboxylic acids is 1. The van der Waals surface area contributed by atoms with E-state index in [9.17, 15) is 4.79 Å². The van der Waals surface area contributed by atoms with Crippen LogP contribution in [0.2, 0.25) is 0 Å². The van der Waals surface area contributed by atoms with Crippen molar-refractivity contribution in [1.29, 1.82) is 0 Å². The number of rotatable bonds is 5. The Bertz CT molecular complexity index is 922. The summed E-state index contributed by atoms with van der Waals surface area (Å²) in [7, 11) is 0. The predicted octanol–water partition coefficient (Wildman–Crippen LogP) is 3.10. The number of nitrogens with zero attached hydrogens (tertiary/aromatic N) is 3. The van der Waals surface area contributed by atoms with Gasteiger partial charge in [0.05, 0.1) is 30.6 Å². The molecule has 4 rings (SSSR count). The van der Waals surface area contributed by atoms with E-state index in [0.29, 0.717) is 37.6 Å². The van der Waals surface area contributed by atoms with Gasteiger partial charge in [0.2, 0.25) is 0 Å². The lowest BCUT2D eigenvalue weighted by Gasteiger charge is -2.33. The van der Waals surface area contributed by atoms with Crippen LogP contribution >= 0.6 is 0 Å². The molecule has 1 unspecified atom stereocenters. The Morgan fingerprint density at radius 2 is 2.00 bits per heavy atom. The standard InChI is InChI=1S/C22H23N3O3/c1-17-8-9-18(14-23-17)28-16-19-15-25(12-13-27-19)22(26)20-6-2-3-7-21(20)24-10-4-5-11-24/h2-11,14,19H,12-13,15-16H2,1H3. The van der Waals surface area contributed by atoms with E-state index in [0.717, 1.165) is 11.4 Å². The van der Waals surface area contributed by atoms with Crippen LogP contribution < -0.4 is 4.74 Å². The topological polar surface area (TPSA) is 56.6 Å². The normalized spacial score (nSPS) is 16.8. The first-order valence-electron chi connectivity index (χ1n) is 9.39. The van der Waals surface area contributed by atoms with Crippen LogP contribution in [0.5, 0.6) is 5.75 Å². The molecular formula is C22H23N3O3. The highest BCUT2D eigenvalue weighted by molar-refractivity contribution is 5.97. The van der Waals surface area contributed by atoms with Crippen molar-refractivity contribution in [2.45, 2.75) is 13.0 Å². The maximum atomic E-state index is 13.2. The van der Waals surface area contributed by atoms with Gasteiger partial charge in [-0.2, -0.15) is 0 Å². The fourth-order valence-electron chi connectivity index (χ4n) is 3.28. The average Bonchev–Trinajstić information content (AvgIpc) is 3.28. The maximum Gasteiger partial charge on any atom is 0.256 e. The second-order valence-electron chi connectivity index (χ2n) is 6.80. The number of morpholine rings is 1. The highest BCUT2D eigenvalue weighted by Gasteiger charge is 2.27. The molecule has 1 atom stereocenters. The van der Waals surface area contributed by atoms with Gasteiger partial charge in [-0.15, -0.1) is 0 Å². The van der Waals surface area contributed by atoms with Crippen molar-refractivity contribution in [3.05, 3.63) is 78.4 Å². The smallest absolute Gasteiger partial charge is 0.256 e. The summed E-state index contributed by atoms with van der Waals surface area (Å²) in [6.45, 7) is 3.88. The van der Waals surface area contributed by atoms with E-state index in [1.807, 2.05) is 77.3 Å². The van der Waals surface area contributed by atoms with Gasteiger partial charge in [0.15, 0.2) is 0 Å². The van der Waals surface area contributed by atoms with Crippen LogP contribution in [0.25, 0.3) is 5.69 Å². The van der Waals surface area contributed by atoms with Gasteiger partial charge in [0.25, 0.3) is 5.91 Å². The molecule has 6 nitrogen and oxygen atoms in total. The molecule has 3 aromatic rings. The molecule has 1 aliphatic rings. The van der Waals surface area contributed by atoms with Gasteiger partial charge in [-0.25, -0.2) is 0 Å². The zero-order valence-electron chi connectivity index (χ0n) is 15.8. The Balaban J connectivity index is 1.43. The number of carbonyl (C=O) groups is 1. The molecule has 1 saturated heterocycles. The van der Waals surface area contributed by atoms with Gasteiger partial charge >= 0.3 is 0 Å². The third kappa shape index (κ3) is 4.07. The summed E-state index contributed by atoms with van der Waals surface area (Å²) < 4.78 is 13.5. The Morgan fingerprint density at radius 1 is 1.18 bits per heavy atom. The van der Waals surface area contributed by atoms with Gasteiger partial charge in [0.1, 0.15) is 18.5 Å². The van der Waals surface area contributed by atoms with Crippen LogP contribution in [0.15, 0.2) is 67.1 Å². The van der Waals surface area contributed by atoms with Crippen molar-refractivity contribution in [2.75, 3.05) is 26.3 Å². The van der Waals surface area contributed by atoms with Gasteiger partial charge in [-0.05, 0) is 43.3 Å². The van der Waals surface area contributed by atoms with E-state index in [1.165, 1.54) is 0 Å². The van der Waals surface area contributed by atoms with Crippen molar-refractivity contribution in [2.24, 2.45) is 0 Å². The molecule has 2 aromatic heterocycles. The minimum atomic E-state index is -0.169. The third-order valence-electron chi connectivity index (χ3n) is 4.76. The molecule has 0 saturated carbocycles. The maximum absolute atomic E-state index is 13.2. The molecule has 1 fully saturated rings. The second-order valence-corrected chi connectivity index (χ2v) is 6.80. The molecule has 144 valence electrons. The van der Waals surface area contributed by atoms with E-state index in [1.54, 1.807) is 6.20 Å². The lowest BCUT2D eigenvalue weighted by atomic mass is 10.1. The van der Waals surface area contributed by atoms with E-state index < -0.39 is 0 Å². The Kier molecular flexibility index (Phi) is 5.39. The SMILES string of the molecule is Cc1ccc(OCC2CN(C(=O)c3ccccc3-n3cccc3)CCO2)cn1. The summed E-state index contributed by atoms with van der Waals surface area (Å²) in [5.74, 6) is 0.713. The lowest BCUT2D eigenvalue weighted by molar-refractivity contribution is -0.0401. The van der Waals surface area contributed by atoms with Crippen molar-refractivity contribution >= 4 is 5.91 Å². The van der Waals surface area contributed by atoms with Crippen LogP contribution in [0, 0.1) is 6.92 Å². The Labute approximate surface area is 164 Å². The van der Waals surface area contributed by atoms with Crippen LogP contribution in [0.1, 0.15) is 16.1 Å². The first kappa shape index (κ1) is 18.3. The molecule has 1 aromatic carbocycles. The largest absolute Gasteiger partial charge is 0.489 e. The monoisotopic (exact) mass is 377 g/mol. The van der Waals surface area contributed by atoms with Gasteiger partial charge in [0, 0.05) is 24.6 Å². The Morgan fingerprint density at radius 3 is 2.79 bits per heavy atom. The quantitative estimate of drug-likeness (QED) is 0.686. The van der Waals surface area contributed by atoms with Crippen molar-refractivity contribution in [3.63, 3.8) is 0 Å². The molecule has 6 heteroatoms. The van der Waals surface area contributed by atoms with E-state index >= 15 is 0 Å². The molecule has 0 N–H and O–H groups in total. The molecule has 0 radical (unpaired) electrons. The van der Waals surface area contributed by atoms with Crippen molar-refractivity contribution in [1.82, 2.24) is 14.5 Å². The summed E-state index contributed by atoms with van der Waals surface area (Å²) in [5, 5.41) is 0. The fraction of sp³-hybridized carbons (Fsp3) is 0.273. The number of hydrogen-bond acceptors (Lipinski definition) is 4. The van der Waals surface area contributed by atoms with E-state index in [2.05, 4.69) is 4.98 Å². The molecule has 1 amide bonds. The van der Waals surface area contributed by atoms with Gasteiger partial charge in [-0.1, -0.05) is 12.1 Å². The van der Waals surface area contributed by atoms with Crippen molar-refractivity contribution < 1.29 is 14.3 Å². The number of ether oxygens (including phenoxy) is 2. The lowest BCUT2D eigenvalue weighted by Crippen LogP contribution is -2.47. The van der Waals surface area contributed by atoms with Gasteiger partial charge in [-0.3, -0.25) is 9.78 Å². The molecule has 0 spiro atoms. The van der Waals surface area contributed by atoms with Crippen molar-refractivity contribution in [3.8, 4) is 11.4 Å². The predicted molar refractivity (Wildman–Crippen MR) is 106 cm³/mol. The number of para-hydroxylation sites is 1. The summed E-state index contributed by atoms with van der Waals surface area (Å²) >= 11 is 0. The average molecular weight is 377 g/mol. The highest BCUT2D eigenvalue weighted by Crippen LogP contribution is 2.19. The van der Waals surface area contributed by atoms with Crippen LogP contribution in [-0.2, 0) is 4.74 Å². The van der Waals surface area contributed by atoms with Crippen LogP contribution in [0.4, 0.5) is 0 Å². The number of hydrogen-bond donors (Lipinski definition) is 0. The number of benzene rings is 1. The number of amides is 1. The van der Waals surface area contributed by atoms with E-state index in [-0.39, 0.29) is 12.0 Å². The zero-order valence-corrected chi connectivity index (χ0v) is 15.8. The zero-order chi connectivity index (χ0) is 19.3. The number of aryl methyl sites for hydroxylation is 1. The Hall–Kier alpha value is -3.12. The molecular weight excluding hydrogens is 354 g/mol. The van der Waals surface area contributed by atoms with Crippen LogP contribution in [0.3, 0.4) is 0 Å². The first-order chi connectivity index (χ1) is 13.7. The summed E-state index contributed by atoms with van der Waals surface area (Å²) in [6, 6.07) is 15.4. The summed E-state index contributed by atoms with van der Waals surface area (Å²) in [6.07, 6.45) is 5.42. The highest BCUT2D eigenvalue weighted by atomic mass is 16.5. The second kappa shape index (κ2) is 8.27. The molecule has 0 bridgehead atoms. The molecule has 1 aliphatic heterocycles. The molecule has 0 aliphatic carbocycles. The summed E-state index contributed by atoms with van der Waals surface area (Å²) in [5.41, 5.74) is 2.50. The van der Waals surface area contributed by atoms with E-state index in [4.69, 9.17) is 9.47 Å². The van der Waals surface area contributed by atoms with Gasteiger partial charge < -0.3 is 18.9 Å². The number of pyridine rings is 1. The first-order valence-corrected chi connectivity index (χ1v) is 9.39. The fourth-order valence-corrected chi connectivity index (χ4v) is 3.28. The molecule has 3 heterocycles. The summed E-state index contributed by atoms with van der Waals surface area (Å²) in [4.78, 5) is 19.2.